The first-order valence-electron chi connectivity index (χ1n) is 5.40. The Bertz CT molecular complexity index is 579. The van der Waals surface area contributed by atoms with Crippen LogP contribution >= 0.6 is 0 Å². The predicted octanol–water partition coefficient (Wildman–Crippen LogP) is 2.76. The highest BCUT2D eigenvalue weighted by Crippen LogP contribution is 2.30. The maximum atomic E-state index is 12.4. The minimum atomic E-state index is -4.35. The molecule has 0 amide bonds. The molecule has 1 heterocycles. The average Bonchev–Trinajstić information content (AvgIpc) is 2.37. The van der Waals surface area contributed by atoms with E-state index in [1.807, 2.05) is 0 Å². The van der Waals surface area contributed by atoms with Crippen LogP contribution in [0.3, 0.4) is 0 Å². The van der Waals surface area contributed by atoms with E-state index in [2.05, 4.69) is 15.4 Å². The number of rotatable bonds is 2. The molecular weight excluding hydrogens is 257 g/mol. The minimum absolute atomic E-state index is 0.321. The van der Waals surface area contributed by atoms with E-state index in [1.165, 1.54) is 12.1 Å². The lowest BCUT2D eigenvalue weighted by molar-refractivity contribution is -0.137. The number of nitrogens with one attached hydrogen (secondary N) is 1. The summed E-state index contributed by atoms with van der Waals surface area (Å²) in [6, 6.07) is 6.29. The SMILES string of the molecule is Cc1cc(NN)nc(-c2ccc(C(F)(F)F)cc2)n1. The Balaban J connectivity index is 2.40. The van der Waals surface area contributed by atoms with Crippen molar-refractivity contribution in [1.82, 2.24) is 9.97 Å². The molecule has 0 atom stereocenters. The van der Waals surface area contributed by atoms with Gasteiger partial charge in [-0.15, -0.1) is 0 Å². The molecule has 0 aliphatic rings. The molecule has 0 aliphatic heterocycles. The third-order valence-corrected chi connectivity index (χ3v) is 2.47. The number of hydrogen-bond acceptors (Lipinski definition) is 4. The first kappa shape index (κ1) is 13.3. The summed E-state index contributed by atoms with van der Waals surface area (Å²) >= 11 is 0. The van der Waals surface area contributed by atoms with E-state index < -0.39 is 11.7 Å². The Hall–Kier alpha value is -2.15. The lowest BCUT2D eigenvalue weighted by Gasteiger charge is -2.08. The number of aryl methyl sites for hydroxylation is 1. The van der Waals surface area contributed by atoms with Crippen molar-refractivity contribution >= 4 is 5.82 Å². The van der Waals surface area contributed by atoms with E-state index in [9.17, 15) is 13.2 Å². The van der Waals surface area contributed by atoms with E-state index in [4.69, 9.17) is 5.84 Å². The van der Waals surface area contributed by atoms with Gasteiger partial charge in [-0.25, -0.2) is 15.8 Å². The Morgan fingerprint density at radius 2 is 1.74 bits per heavy atom. The number of anilines is 1. The van der Waals surface area contributed by atoms with Gasteiger partial charge in [0.1, 0.15) is 5.82 Å². The first-order valence-corrected chi connectivity index (χ1v) is 5.40. The molecular formula is C12H11F3N4. The maximum absolute atomic E-state index is 12.4. The molecule has 7 heteroatoms. The molecule has 19 heavy (non-hydrogen) atoms. The van der Waals surface area contributed by atoms with E-state index in [0.29, 0.717) is 22.9 Å². The van der Waals surface area contributed by atoms with Gasteiger partial charge in [0.15, 0.2) is 5.82 Å². The number of hydrazine groups is 1. The maximum Gasteiger partial charge on any atom is 0.416 e. The number of benzene rings is 1. The fourth-order valence-corrected chi connectivity index (χ4v) is 1.58. The quantitative estimate of drug-likeness (QED) is 0.649. The highest BCUT2D eigenvalue weighted by Gasteiger charge is 2.30. The van der Waals surface area contributed by atoms with Gasteiger partial charge >= 0.3 is 6.18 Å². The standard InChI is InChI=1S/C12H11F3N4/c1-7-6-10(19-16)18-11(17-7)8-2-4-9(5-3-8)12(13,14)15/h2-6H,16H2,1H3,(H,17,18,19). The number of alkyl halides is 3. The zero-order valence-electron chi connectivity index (χ0n) is 9.99. The van der Waals surface area contributed by atoms with Crippen LogP contribution in [-0.4, -0.2) is 9.97 Å². The van der Waals surface area contributed by atoms with E-state index >= 15 is 0 Å². The molecule has 0 spiro atoms. The lowest BCUT2D eigenvalue weighted by Crippen LogP contribution is -2.10. The number of hydrogen-bond donors (Lipinski definition) is 2. The summed E-state index contributed by atoms with van der Waals surface area (Å²) in [6.45, 7) is 1.75. The normalized spacial score (nSPS) is 11.4. The van der Waals surface area contributed by atoms with Crippen LogP contribution in [0.2, 0.25) is 0 Å². The smallest absolute Gasteiger partial charge is 0.308 e. The van der Waals surface area contributed by atoms with Gasteiger partial charge in [-0.2, -0.15) is 13.2 Å². The largest absolute Gasteiger partial charge is 0.416 e. The number of nitrogens with zero attached hydrogens (tertiary/aromatic N) is 2. The number of nitrogens with two attached hydrogens (primary N) is 1. The zero-order chi connectivity index (χ0) is 14.0. The van der Waals surface area contributed by atoms with Gasteiger partial charge in [0.2, 0.25) is 0 Å². The van der Waals surface area contributed by atoms with Crippen molar-refractivity contribution in [2.45, 2.75) is 13.1 Å². The second-order valence-corrected chi connectivity index (χ2v) is 3.94. The summed E-state index contributed by atoms with van der Waals surface area (Å²) in [6.07, 6.45) is -4.35. The zero-order valence-corrected chi connectivity index (χ0v) is 9.99. The summed E-state index contributed by atoms with van der Waals surface area (Å²) in [5.74, 6) is 5.98. The minimum Gasteiger partial charge on any atom is -0.308 e. The molecule has 1 aromatic heterocycles. The number of aromatic nitrogens is 2. The lowest BCUT2D eigenvalue weighted by atomic mass is 10.1. The molecule has 0 aliphatic carbocycles. The summed E-state index contributed by atoms with van der Waals surface area (Å²) in [5, 5.41) is 0. The fourth-order valence-electron chi connectivity index (χ4n) is 1.58. The molecule has 4 nitrogen and oxygen atoms in total. The Morgan fingerprint density at radius 1 is 1.11 bits per heavy atom. The van der Waals surface area contributed by atoms with Crippen LogP contribution < -0.4 is 11.3 Å². The third-order valence-electron chi connectivity index (χ3n) is 2.47. The monoisotopic (exact) mass is 268 g/mol. The van der Waals surface area contributed by atoms with Crippen molar-refractivity contribution in [2.75, 3.05) is 5.43 Å². The van der Waals surface area contributed by atoms with E-state index in [-0.39, 0.29) is 0 Å². The molecule has 2 aromatic rings. The Labute approximate surface area is 107 Å². The van der Waals surface area contributed by atoms with Crippen molar-refractivity contribution in [3.8, 4) is 11.4 Å². The van der Waals surface area contributed by atoms with Crippen molar-refractivity contribution < 1.29 is 13.2 Å². The molecule has 100 valence electrons. The van der Waals surface area contributed by atoms with Gasteiger partial charge in [0.25, 0.3) is 0 Å². The fraction of sp³-hybridized carbons (Fsp3) is 0.167. The number of halogens is 3. The van der Waals surface area contributed by atoms with Crippen LogP contribution in [0.4, 0.5) is 19.0 Å². The van der Waals surface area contributed by atoms with Crippen molar-refractivity contribution in [3.63, 3.8) is 0 Å². The molecule has 0 saturated carbocycles. The van der Waals surface area contributed by atoms with Gasteiger partial charge in [0.05, 0.1) is 5.56 Å². The molecule has 0 saturated heterocycles. The van der Waals surface area contributed by atoms with Crippen molar-refractivity contribution in [1.29, 1.82) is 0 Å². The van der Waals surface area contributed by atoms with E-state index in [0.717, 1.165) is 12.1 Å². The molecule has 0 bridgehead atoms. The Morgan fingerprint density at radius 3 is 2.26 bits per heavy atom. The summed E-state index contributed by atoms with van der Waals surface area (Å²) in [7, 11) is 0. The average molecular weight is 268 g/mol. The van der Waals surface area contributed by atoms with Crippen LogP contribution in [0.1, 0.15) is 11.3 Å². The Kier molecular flexibility index (Phi) is 3.39. The molecule has 0 fully saturated rings. The van der Waals surface area contributed by atoms with Crippen molar-refractivity contribution in [2.24, 2.45) is 5.84 Å². The highest BCUT2D eigenvalue weighted by atomic mass is 19.4. The van der Waals surface area contributed by atoms with Gasteiger partial charge in [-0.1, -0.05) is 12.1 Å². The summed E-state index contributed by atoms with van der Waals surface area (Å²) in [5.41, 5.74) is 2.83. The van der Waals surface area contributed by atoms with E-state index in [1.54, 1.807) is 13.0 Å². The van der Waals surface area contributed by atoms with Crippen LogP contribution in [-0.2, 0) is 6.18 Å². The summed E-state index contributed by atoms with van der Waals surface area (Å²) < 4.78 is 37.3. The van der Waals surface area contributed by atoms with Crippen LogP contribution in [0.5, 0.6) is 0 Å². The molecule has 2 rings (SSSR count). The molecule has 1 aromatic carbocycles. The van der Waals surface area contributed by atoms with Crippen LogP contribution in [0, 0.1) is 6.92 Å². The number of nitrogen functional groups attached to an aromatic ring is 1. The third kappa shape index (κ3) is 3.00. The topological polar surface area (TPSA) is 63.8 Å². The van der Waals surface area contributed by atoms with Gasteiger partial charge in [-0.3, -0.25) is 0 Å². The van der Waals surface area contributed by atoms with Gasteiger partial charge < -0.3 is 5.43 Å². The van der Waals surface area contributed by atoms with Crippen LogP contribution in [0.25, 0.3) is 11.4 Å². The second kappa shape index (κ2) is 4.85. The molecule has 3 N–H and O–H groups in total. The van der Waals surface area contributed by atoms with Crippen molar-refractivity contribution in [3.05, 3.63) is 41.6 Å². The molecule has 0 unspecified atom stereocenters. The van der Waals surface area contributed by atoms with Gasteiger partial charge in [0, 0.05) is 17.3 Å². The van der Waals surface area contributed by atoms with Crippen LogP contribution in [0.15, 0.2) is 30.3 Å². The summed E-state index contributed by atoms with van der Waals surface area (Å²) in [4.78, 5) is 8.24. The second-order valence-electron chi connectivity index (χ2n) is 3.94. The molecule has 0 radical (unpaired) electrons. The predicted molar refractivity (Wildman–Crippen MR) is 65.0 cm³/mol. The first-order chi connectivity index (χ1) is 8.90. The van der Waals surface area contributed by atoms with Gasteiger partial charge in [-0.05, 0) is 19.1 Å². The highest BCUT2D eigenvalue weighted by molar-refractivity contribution is 5.58.